The predicted octanol–water partition coefficient (Wildman–Crippen LogP) is 4.87. The normalized spacial score (nSPS) is 12.1. The van der Waals surface area contributed by atoms with Crippen LogP contribution in [0.1, 0.15) is 73.4 Å². The zero-order valence-electron chi connectivity index (χ0n) is 21.1. The number of carbonyl (C=O) groups is 4. The van der Waals surface area contributed by atoms with Crippen LogP contribution >= 0.6 is 0 Å². The van der Waals surface area contributed by atoms with Gasteiger partial charge < -0.3 is 19.7 Å². The monoisotopic (exact) mass is 494 g/mol. The van der Waals surface area contributed by atoms with E-state index in [1.165, 1.54) is 60.7 Å². The molecule has 0 bridgehead atoms. The Morgan fingerprint density at radius 1 is 0.639 bits per heavy atom. The van der Waals surface area contributed by atoms with Crippen molar-refractivity contribution in [2.24, 2.45) is 0 Å². The molecule has 2 rings (SSSR count). The maximum atomic E-state index is 12.9. The summed E-state index contributed by atoms with van der Waals surface area (Å²) in [6, 6.07) is 7.85. The van der Waals surface area contributed by atoms with Gasteiger partial charge in [-0.15, -0.1) is 0 Å². The van der Waals surface area contributed by atoms with Crippen molar-refractivity contribution in [2.75, 3.05) is 0 Å². The average molecular weight is 495 g/mol. The van der Waals surface area contributed by atoms with Gasteiger partial charge in [-0.1, -0.05) is 12.1 Å². The summed E-state index contributed by atoms with van der Waals surface area (Å²) in [5, 5.41) is 20.4. The van der Waals surface area contributed by atoms with Gasteiger partial charge in [-0.25, -0.2) is 9.59 Å². The van der Waals surface area contributed by atoms with E-state index in [2.05, 4.69) is 0 Å². The fourth-order valence-corrected chi connectivity index (χ4v) is 2.92. The number of esters is 2. The van der Waals surface area contributed by atoms with E-state index in [1.54, 1.807) is 41.5 Å². The first-order valence-corrected chi connectivity index (χ1v) is 11.1. The van der Waals surface area contributed by atoms with Crippen LogP contribution in [-0.4, -0.2) is 44.9 Å². The van der Waals surface area contributed by atoms with Crippen molar-refractivity contribution < 1.29 is 38.9 Å². The molecule has 0 fully saturated rings. The predicted molar refractivity (Wildman–Crippen MR) is 135 cm³/mol. The maximum absolute atomic E-state index is 12.9. The number of hydrogen-bond donors (Lipinski definition) is 2. The van der Waals surface area contributed by atoms with Crippen molar-refractivity contribution >= 4 is 35.7 Å². The SMILES string of the molecule is CC(C)(C)OC(=O)/C=C/c1ccc(O)c(C(=O)C(=O)c2cc(/C=C/C(=O)OC(C)(C)C)ccc2O)c1. The molecule has 0 radical (unpaired) electrons. The van der Waals surface area contributed by atoms with Crippen LogP contribution in [0.3, 0.4) is 0 Å². The molecule has 2 aromatic carbocycles. The van der Waals surface area contributed by atoms with Gasteiger partial charge in [0.15, 0.2) is 0 Å². The molecule has 2 N–H and O–H groups in total. The number of carbonyl (C=O) groups excluding carboxylic acids is 4. The molecule has 2 aromatic rings. The number of phenolic OH excluding ortho intramolecular Hbond substituents is 2. The Bertz CT molecular complexity index is 1140. The first kappa shape index (κ1) is 28.0. The molecule has 0 aliphatic rings. The molecule has 0 spiro atoms. The number of ether oxygens (including phenoxy) is 2. The molecule has 0 aliphatic carbocycles. The van der Waals surface area contributed by atoms with E-state index >= 15 is 0 Å². The third-order valence-corrected chi connectivity index (χ3v) is 4.37. The van der Waals surface area contributed by atoms with Crippen molar-refractivity contribution in [3.8, 4) is 11.5 Å². The van der Waals surface area contributed by atoms with E-state index in [0.29, 0.717) is 11.1 Å². The quantitative estimate of drug-likeness (QED) is 0.241. The van der Waals surface area contributed by atoms with E-state index < -0.39 is 46.2 Å². The molecule has 190 valence electrons. The Morgan fingerprint density at radius 3 is 1.28 bits per heavy atom. The van der Waals surface area contributed by atoms with Crippen LogP contribution in [0.15, 0.2) is 48.6 Å². The number of benzene rings is 2. The van der Waals surface area contributed by atoms with Gasteiger partial charge in [-0.05, 0) is 89.1 Å². The second kappa shape index (κ2) is 11.0. The Kier molecular flexibility index (Phi) is 8.59. The molecular formula is C28H30O8. The lowest BCUT2D eigenvalue weighted by Gasteiger charge is -2.17. The highest BCUT2D eigenvalue weighted by molar-refractivity contribution is 6.50. The summed E-state index contributed by atoms with van der Waals surface area (Å²) in [5.41, 5.74) is -1.23. The molecule has 0 aliphatic heterocycles. The van der Waals surface area contributed by atoms with Gasteiger partial charge in [0.05, 0.1) is 11.1 Å². The Hall–Kier alpha value is -4.20. The lowest BCUT2D eigenvalue weighted by molar-refractivity contribution is -0.149. The summed E-state index contributed by atoms with van der Waals surface area (Å²) < 4.78 is 10.4. The van der Waals surface area contributed by atoms with Gasteiger partial charge in [0.2, 0.25) is 11.6 Å². The van der Waals surface area contributed by atoms with Crippen LogP contribution in [0.4, 0.5) is 0 Å². The summed E-state index contributed by atoms with van der Waals surface area (Å²) in [5.74, 6) is -4.21. The average Bonchev–Trinajstić information content (AvgIpc) is 2.74. The first-order chi connectivity index (χ1) is 16.6. The Morgan fingerprint density at radius 2 is 0.972 bits per heavy atom. The third kappa shape index (κ3) is 8.54. The van der Waals surface area contributed by atoms with Gasteiger partial charge in [-0.3, -0.25) is 9.59 Å². The summed E-state index contributed by atoms with van der Waals surface area (Å²) in [4.78, 5) is 49.6. The summed E-state index contributed by atoms with van der Waals surface area (Å²) >= 11 is 0. The fourth-order valence-electron chi connectivity index (χ4n) is 2.92. The molecular weight excluding hydrogens is 464 g/mol. The molecule has 0 amide bonds. The molecule has 8 heteroatoms. The Labute approximate surface area is 209 Å². The molecule has 8 nitrogen and oxygen atoms in total. The molecule has 0 aromatic heterocycles. The molecule has 0 atom stereocenters. The number of phenols is 2. The van der Waals surface area contributed by atoms with Crippen LogP contribution in [-0.2, 0) is 19.1 Å². The summed E-state index contributed by atoms with van der Waals surface area (Å²) in [6.45, 7) is 10.3. The van der Waals surface area contributed by atoms with Gasteiger partial charge in [0, 0.05) is 12.2 Å². The molecule has 0 saturated heterocycles. The highest BCUT2D eigenvalue weighted by Gasteiger charge is 2.24. The summed E-state index contributed by atoms with van der Waals surface area (Å²) in [6.07, 6.45) is 5.10. The minimum Gasteiger partial charge on any atom is -0.507 e. The highest BCUT2D eigenvalue weighted by Crippen LogP contribution is 2.25. The molecule has 0 heterocycles. The van der Waals surface area contributed by atoms with Crippen LogP contribution in [0.25, 0.3) is 12.2 Å². The zero-order valence-corrected chi connectivity index (χ0v) is 21.1. The largest absolute Gasteiger partial charge is 0.507 e. The van der Waals surface area contributed by atoms with Crippen LogP contribution in [0.2, 0.25) is 0 Å². The number of ketones is 2. The van der Waals surface area contributed by atoms with E-state index in [4.69, 9.17) is 9.47 Å². The maximum Gasteiger partial charge on any atom is 0.331 e. The van der Waals surface area contributed by atoms with Gasteiger partial charge in [-0.2, -0.15) is 0 Å². The molecule has 0 unspecified atom stereocenters. The van der Waals surface area contributed by atoms with Gasteiger partial charge in [0.1, 0.15) is 22.7 Å². The van der Waals surface area contributed by atoms with Crippen molar-refractivity contribution in [2.45, 2.75) is 52.7 Å². The molecule has 0 saturated carbocycles. The second-order valence-corrected chi connectivity index (χ2v) is 9.95. The van der Waals surface area contributed by atoms with E-state index in [-0.39, 0.29) is 11.1 Å². The minimum atomic E-state index is -1.07. The van der Waals surface area contributed by atoms with Crippen LogP contribution < -0.4 is 0 Å². The van der Waals surface area contributed by atoms with Crippen molar-refractivity contribution in [3.63, 3.8) is 0 Å². The Balaban J connectivity index is 2.28. The van der Waals surface area contributed by atoms with E-state index in [1.807, 2.05) is 0 Å². The minimum absolute atomic E-state index is 0.305. The number of Topliss-reactive ketones (excluding diaryl/α,β-unsaturated/α-hetero) is 2. The topological polar surface area (TPSA) is 127 Å². The van der Waals surface area contributed by atoms with Crippen molar-refractivity contribution in [3.05, 3.63) is 70.8 Å². The van der Waals surface area contributed by atoms with Gasteiger partial charge >= 0.3 is 11.9 Å². The van der Waals surface area contributed by atoms with Crippen molar-refractivity contribution in [1.82, 2.24) is 0 Å². The number of rotatable bonds is 7. The zero-order chi connectivity index (χ0) is 27.3. The second-order valence-electron chi connectivity index (χ2n) is 9.95. The van der Waals surface area contributed by atoms with E-state index in [0.717, 1.165) is 0 Å². The fraction of sp³-hybridized carbons (Fsp3) is 0.286. The number of aromatic hydroxyl groups is 2. The van der Waals surface area contributed by atoms with Crippen LogP contribution in [0.5, 0.6) is 11.5 Å². The smallest absolute Gasteiger partial charge is 0.331 e. The highest BCUT2D eigenvalue weighted by atomic mass is 16.6. The third-order valence-electron chi connectivity index (χ3n) is 4.37. The lowest BCUT2D eigenvalue weighted by Crippen LogP contribution is -2.22. The standard InChI is InChI=1S/C28H30O8/c1-27(2,3)35-23(31)13-9-17-7-11-21(29)19(15-17)25(33)26(34)20-16-18(8-12-22(20)30)10-14-24(32)36-28(4,5)6/h7-16,29-30H,1-6H3/b13-9+,14-10+. The number of hydrogen-bond acceptors (Lipinski definition) is 8. The van der Waals surface area contributed by atoms with Gasteiger partial charge in [0.25, 0.3) is 0 Å². The first-order valence-electron chi connectivity index (χ1n) is 11.1. The van der Waals surface area contributed by atoms with Crippen molar-refractivity contribution in [1.29, 1.82) is 0 Å². The molecule has 36 heavy (non-hydrogen) atoms. The van der Waals surface area contributed by atoms with E-state index in [9.17, 15) is 29.4 Å². The van der Waals surface area contributed by atoms with Crippen LogP contribution in [0, 0.1) is 0 Å². The lowest BCUT2D eigenvalue weighted by atomic mass is 9.97. The summed E-state index contributed by atoms with van der Waals surface area (Å²) in [7, 11) is 0.